The number of rotatable bonds is 1. The van der Waals surface area contributed by atoms with E-state index < -0.39 is 0 Å². The fourth-order valence-corrected chi connectivity index (χ4v) is 2.40. The highest BCUT2D eigenvalue weighted by atomic mass is 35.5. The molecular weight excluding hydrogens is 172 g/mol. The van der Waals surface area contributed by atoms with Gasteiger partial charge in [0.05, 0.1) is 11.5 Å². The first-order valence-electron chi connectivity index (χ1n) is 4.86. The van der Waals surface area contributed by atoms with Gasteiger partial charge < -0.3 is 5.11 Å². The van der Waals surface area contributed by atoms with Gasteiger partial charge in [-0.2, -0.15) is 0 Å². The van der Waals surface area contributed by atoms with Crippen molar-refractivity contribution in [2.45, 2.75) is 45.1 Å². The van der Waals surface area contributed by atoms with Gasteiger partial charge in [-0.25, -0.2) is 0 Å². The summed E-state index contributed by atoms with van der Waals surface area (Å²) in [5, 5.41) is 9.81. The second-order valence-electron chi connectivity index (χ2n) is 4.40. The Bertz CT molecular complexity index is 147. The molecule has 2 heteroatoms. The molecule has 1 aliphatic rings. The lowest BCUT2D eigenvalue weighted by Gasteiger charge is -2.37. The summed E-state index contributed by atoms with van der Waals surface area (Å²) >= 11 is 6.11. The van der Waals surface area contributed by atoms with Gasteiger partial charge in [0.1, 0.15) is 0 Å². The van der Waals surface area contributed by atoms with Gasteiger partial charge in [-0.1, -0.05) is 20.8 Å². The second-order valence-corrected chi connectivity index (χ2v) is 4.90. The Morgan fingerprint density at radius 1 is 1.33 bits per heavy atom. The van der Waals surface area contributed by atoms with E-state index in [-0.39, 0.29) is 11.5 Å². The molecule has 1 fully saturated rings. The van der Waals surface area contributed by atoms with Crippen LogP contribution in [-0.2, 0) is 0 Å². The lowest BCUT2D eigenvalue weighted by molar-refractivity contribution is 0.0308. The molecule has 1 N–H and O–H groups in total. The van der Waals surface area contributed by atoms with Crippen LogP contribution in [0.4, 0.5) is 0 Å². The van der Waals surface area contributed by atoms with E-state index in [0.717, 1.165) is 12.8 Å². The molecule has 1 saturated carbocycles. The van der Waals surface area contributed by atoms with Gasteiger partial charge in [-0.15, -0.1) is 11.6 Å². The van der Waals surface area contributed by atoms with E-state index in [1.807, 2.05) is 0 Å². The monoisotopic (exact) mass is 190 g/mol. The van der Waals surface area contributed by atoms with Gasteiger partial charge in [0.25, 0.3) is 0 Å². The average Bonchev–Trinajstić information content (AvgIpc) is 2.00. The maximum Gasteiger partial charge on any atom is 0.0736 e. The maximum atomic E-state index is 9.85. The number of hydrogen-bond donors (Lipinski definition) is 1. The summed E-state index contributed by atoms with van der Waals surface area (Å²) in [6, 6.07) is 0. The van der Waals surface area contributed by atoms with E-state index in [1.54, 1.807) is 0 Å². The molecule has 0 heterocycles. The molecule has 0 amide bonds. The molecule has 4 atom stereocenters. The minimum atomic E-state index is -0.296. The second kappa shape index (κ2) is 3.97. The Balaban J connectivity index is 2.58. The minimum absolute atomic E-state index is 0.0360. The van der Waals surface area contributed by atoms with Crippen molar-refractivity contribution >= 4 is 11.6 Å². The van der Waals surface area contributed by atoms with Crippen molar-refractivity contribution in [2.75, 3.05) is 0 Å². The Labute approximate surface area is 80.1 Å². The van der Waals surface area contributed by atoms with Gasteiger partial charge >= 0.3 is 0 Å². The molecule has 4 unspecified atom stereocenters. The van der Waals surface area contributed by atoms with Crippen molar-refractivity contribution < 1.29 is 5.11 Å². The SMILES string of the molecule is CC(C)C1CCC(C)C(Cl)C1O. The normalized spacial score (nSPS) is 43.5. The Hall–Kier alpha value is 0.250. The molecule has 12 heavy (non-hydrogen) atoms. The van der Waals surface area contributed by atoms with E-state index in [1.165, 1.54) is 0 Å². The molecule has 0 spiro atoms. The van der Waals surface area contributed by atoms with Crippen LogP contribution in [0.15, 0.2) is 0 Å². The van der Waals surface area contributed by atoms with Gasteiger partial charge in [0, 0.05) is 0 Å². The summed E-state index contributed by atoms with van der Waals surface area (Å²) in [4.78, 5) is 0. The van der Waals surface area contributed by atoms with Crippen molar-refractivity contribution in [2.24, 2.45) is 17.8 Å². The van der Waals surface area contributed by atoms with Gasteiger partial charge in [0.2, 0.25) is 0 Å². The van der Waals surface area contributed by atoms with Crippen LogP contribution in [0.5, 0.6) is 0 Å². The zero-order chi connectivity index (χ0) is 9.30. The Morgan fingerprint density at radius 3 is 2.42 bits per heavy atom. The van der Waals surface area contributed by atoms with E-state index in [4.69, 9.17) is 11.6 Å². The highest BCUT2D eigenvalue weighted by Gasteiger charge is 2.36. The summed E-state index contributed by atoms with van der Waals surface area (Å²) in [5.41, 5.74) is 0. The maximum absolute atomic E-state index is 9.85. The van der Waals surface area contributed by atoms with Crippen LogP contribution in [0.1, 0.15) is 33.6 Å². The van der Waals surface area contributed by atoms with Gasteiger partial charge in [-0.05, 0) is 30.6 Å². The zero-order valence-corrected chi connectivity index (χ0v) is 8.88. The third kappa shape index (κ3) is 1.94. The fourth-order valence-electron chi connectivity index (χ4n) is 2.09. The first-order chi connectivity index (χ1) is 5.54. The molecule has 0 saturated heterocycles. The van der Waals surface area contributed by atoms with E-state index in [9.17, 15) is 5.11 Å². The first-order valence-corrected chi connectivity index (χ1v) is 5.29. The highest BCUT2D eigenvalue weighted by molar-refractivity contribution is 6.21. The fraction of sp³-hybridized carbons (Fsp3) is 1.00. The highest BCUT2D eigenvalue weighted by Crippen LogP contribution is 2.36. The van der Waals surface area contributed by atoms with Crippen LogP contribution >= 0.6 is 11.6 Å². The topological polar surface area (TPSA) is 20.2 Å². The lowest BCUT2D eigenvalue weighted by Crippen LogP contribution is -2.41. The molecule has 0 aromatic carbocycles. The van der Waals surface area contributed by atoms with Crippen LogP contribution in [-0.4, -0.2) is 16.6 Å². The Kier molecular flexibility index (Phi) is 3.42. The van der Waals surface area contributed by atoms with Gasteiger partial charge in [0.15, 0.2) is 0 Å². The van der Waals surface area contributed by atoms with Crippen LogP contribution in [0.2, 0.25) is 0 Å². The van der Waals surface area contributed by atoms with Crippen molar-refractivity contribution in [3.8, 4) is 0 Å². The van der Waals surface area contributed by atoms with Crippen molar-refractivity contribution in [1.29, 1.82) is 0 Å². The number of aliphatic hydroxyl groups is 1. The van der Waals surface area contributed by atoms with Crippen LogP contribution in [0.25, 0.3) is 0 Å². The number of alkyl halides is 1. The molecule has 72 valence electrons. The summed E-state index contributed by atoms with van der Waals surface area (Å²) < 4.78 is 0. The van der Waals surface area contributed by atoms with Gasteiger partial charge in [-0.3, -0.25) is 0 Å². The molecule has 1 nitrogen and oxygen atoms in total. The van der Waals surface area contributed by atoms with Crippen molar-refractivity contribution in [3.63, 3.8) is 0 Å². The smallest absolute Gasteiger partial charge is 0.0736 e. The predicted octanol–water partition coefficient (Wildman–Crippen LogP) is 2.66. The Morgan fingerprint density at radius 2 is 1.92 bits per heavy atom. The quantitative estimate of drug-likeness (QED) is 0.631. The summed E-state index contributed by atoms with van der Waals surface area (Å²) in [5.74, 6) is 1.43. The lowest BCUT2D eigenvalue weighted by atomic mass is 9.75. The largest absolute Gasteiger partial charge is 0.391 e. The molecule has 0 aromatic rings. The molecule has 0 aliphatic heterocycles. The third-order valence-electron chi connectivity index (χ3n) is 3.12. The van der Waals surface area contributed by atoms with Crippen molar-refractivity contribution in [1.82, 2.24) is 0 Å². The summed E-state index contributed by atoms with van der Waals surface area (Å²) in [6.45, 7) is 6.44. The number of aliphatic hydroxyl groups excluding tert-OH is 1. The molecule has 1 aliphatic carbocycles. The first kappa shape index (κ1) is 10.3. The summed E-state index contributed by atoms with van der Waals surface area (Å²) in [6.07, 6.45) is 1.99. The zero-order valence-electron chi connectivity index (χ0n) is 8.13. The van der Waals surface area contributed by atoms with Crippen LogP contribution in [0.3, 0.4) is 0 Å². The molecule has 0 aromatic heterocycles. The standard InChI is InChI=1S/C10H19ClO/c1-6(2)8-5-4-7(3)9(11)10(8)12/h6-10,12H,4-5H2,1-3H3. The van der Waals surface area contributed by atoms with E-state index >= 15 is 0 Å². The third-order valence-corrected chi connectivity index (χ3v) is 3.81. The average molecular weight is 191 g/mol. The minimum Gasteiger partial charge on any atom is -0.391 e. The number of hydrogen-bond acceptors (Lipinski definition) is 1. The van der Waals surface area contributed by atoms with Crippen LogP contribution < -0.4 is 0 Å². The summed E-state index contributed by atoms with van der Waals surface area (Å²) in [7, 11) is 0. The predicted molar refractivity (Wildman–Crippen MR) is 52.4 cm³/mol. The molecule has 0 bridgehead atoms. The van der Waals surface area contributed by atoms with E-state index in [0.29, 0.717) is 17.8 Å². The molecule has 0 radical (unpaired) electrons. The molecular formula is C10H19ClO. The molecule has 1 rings (SSSR count). The number of halogens is 1. The van der Waals surface area contributed by atoms with E-state index in [2.05, 4.69) is 20.8 Å². The van der Waals surface area contributed by atoms with Crippen LogP contribution in [0, 0.1) is 17.8 Å². The van der Waals surface area contributed by atoms with Crippen molar-refractivity contribution in [3.05, 3.63) is 0 Å².